The summed E-state index contributed by atoms with van der Waals surface area (Å²) in [5.74, 6) is 0.311. The Kier molecular flexibility index (Phi) is 19.2. The SMILES string of the molecule is CCCCCCCC/C=C\CCCCCCCCOC[C@@H]1CCCN1C(=O)[C@@H]1CCCN1.Cl. The predicted octanol–water partition coefficient (Wildman–Crippen LogP) is 7.21. The third-order valence-electron chi connectivity index (χ3n) is 7.13. The number of hydrogen-bond acceptors (Lipinski definition) is 3. The molecule has 0 bridgehead atoms. The van der Waals surface area contributed by atoms with Gasteiger partial charge in [-0.05, 0) is 64.3 Å². The van der Waals surface area contributed by atoms with E-state index in [-0.39, 0.29) is 18.4 Å². The van der Waals surface area contributed by atoms with Gasteiger partial charge in [0.1, 0.15) is 0 Å². The zero-order valence-corrected chi connectivity index (χ0v) is 22.4. The molecule has 1 amide bonds. The van der Waals surface area contributed by atoms with Crippen molar-refractivity contribution in [2.24, 2.45) is 0 Å². The zero-order chi connectivity index (χ0) is 22.7. The number of rotatable bonds is 19. The van der Waals surface area contributed by atoms with Crippen molar-refractivity contribution < 1.29 is 9.53 Å². The van der Waals surface area contributed by atoms with Crippen LogP contribution in [0.2, 0.25) is 0 Å². The second-order valence-electron chi connectivity index (χ2n) is 9.99. The first-order valence-corrected chi connectivity index (χ1v) is 14.1. The highest BCUT2D eigenvalue weighted by molar-refractivity contribution is 5.85. The van der Waals surface area contributed by atoms with Crippen molar-refractivity contribution in [1.29, 1.82) is 0 Å². The van der Waals surface area contributed by atoms with Gasteiger partial charge in [0.05, 0.1) is 18.7 Å². The van der Waals surface area contributed by atoms with Crippen LogP contribution in [0.5, 0.6) is 0 Å². The molecule has 2 atom stereocenters. The van der Waals surface area contributed by atoms with Crippen LogP contribution in [0.15, 0.2) is 12.2 Å². The third-order valence-corrected chi connectivity index (χ3v) is 7.13. The quantitative estimate of drug-likeness (QED) is 0.155. The van der Waals surface area contributed by atoms with E-state index in [0.29, 0.717) is 11.9 Å². The van der Waals surface area contributed by atoms with E-state index in [1.165, 1.54) is 83.5 Å². The summed E-state index contributed by atoms with van der Waals surface area (Å²) in [4.78, 5) is 14.7. The highest BCUT2D eigenvalue weighted by atomic mass is 35.5. The Balaban J connectivity index is 0.00000544. The summed E-state index contributed by atoms with van der Waals surface area (Å²) in [5.41, 5.74) is 0. The Bertz CT molecular complexity index is 494. The second-order valence-corrected chi connectivity index (χ2v) is 9.99. The lowest BCUT2D eigenvalue weighted by molar-refractivity contribution is -0.135. The monoisotopic (exact) mass is 484 g/mol. The number of ether oxygens (including phenoxy) is 1. The molecule has 0 radical (unpaired) electrons. The smallest absolute Gasteiger partial charge is 0.240 e. The summed E-state index contributed by atoms with van der Waals surface area (Å²) < 4.78 is 5.96. The molecule has 2 fully saturated rings. The normalized spacial score (nSPS) is 20.6. The minimum absolute atomic E-state index is 0. The topological polar surface area (TPSA) is 41.6 Å². The molecule has 0 aromatic carbocycles. The number of likely N-dealkylation sites (tertiary alicyclic amines) is 1. The third kappa shape index (κ3) is 13.8. The first-order valence-electron chi connectivity index (χ1n) is 14.1. The number of nitrogens with zero attached hydrogens (tertiary/aromatic N) is 1. The van der Waals surface area contributed by atoms with E-state index >= 15 is 0 Å². The highest BCUT2D eigenvalue weighted by Gasteiger charge is 2.34. The molecule has 2 saturated heterocycles. The molecule has 2 aliphatic heterocycles. The Morgan fingerprint density at radius 2 is 1.52 bits per heavy atom. The van der Waals surface area contributed by atoms with Gasteiger partial charge in [-0.3, -0.25) is 4.79 Å². The molecule has 2 heterocycles. The van der Waals surface area contributed by atoms with Gasteiger partial charge < -0.3 is 15.0 Å². The number of amides is 1. The van der Waals surface area contributed by atoms with Crippen LogP contribution in [0.4, 0.5) is 0 Å². The standard InChI is InChI=1S/C28H52N2O2.ClH/c1-2-3-4-5-6-7-8-9-10-11-12-13-14-15-16-17-24-32-25-26-20-19-23-30(26)28(31)27-21-18-22-29-27;/h9-10,26-27,29H,2-8,11-25H2,1H3;1H/b10-9-;/t26-,27-;/m0./s1. The van der Waals surface area contributed by atoms with Crippen molar-refractivity contribution in [3.05, 3.63) is 12.2 Å². The summed E-state index contributed by atoms with van der Waals surface area (Å²) in [6.07, 6.45) is 27.9. The Labute approximate surface area is 211 Å². The van der Waals surface area contributed by atoms with Gasteiger partial charge in [-0.2, -0.15) is 0 Å². The molecule has 0 aliphatic carbocycles. The summed E-state index contributed by atoms with van der Waals surface area (Å²) >= 11 is 0. The Morgan fingerprint density at radius 3 is 2.15 bits per heavy atom. The fourth-order valence-electron chi connectivity index (χ4n) is 5.07. The number of carbonyl (C=O) groups is 1. The first kappa shape index (κ1) is 30.5. The van der Waals surface area contributed by atoms with Crippen molar-refractivity contribution in [1.82, 2.24) is 10.2 Å². The Morgan fingerprint density at radius 1 is 0.879 bits per heavy atom. The van der Waals surface area contributed by atoms with Crippen LogP contribution in [0.3, 0.4) is 0 Å². The van der Waals surface area contributed by atoms with Crippen LogP contribution >= 0.6 is 12.4 Å². The molecule has 0 spiro atoms. The number of carbonyl (C=O) groups excluding carboxylic acids is 1. The lowest BCUT2D eigenvalue weighted by Gasteiger charge is -2.27. The predicted molar refractivity (Wildman–Crippen MR) is 143 cm³/mol. The van der Waals surface area contributed by atoms with Crippen LogP contribution in [-0.2, 0) is 9.53 Å². The number of allylic oxidation sites excluding steroid dienone is 2. The molecule has 2 rings (SSSR count). The fourth-order valence-corrected chi connectivity index (χ4v) is 5.07. The van der Waals surface area contributed by atoms with Crippen LogP contribution in [0, 0.1) is 0 Å². The largest absolute Gasteiger partial charge is 0.379 e. The minimum Gasteiger partial charge on any atom is -0.379 e. The molecule has 33 heavy (non-hydrogen) atoms. The number of hydrogen-bond donors (Lipinski definition) is 1. The van der Waals surface area contributed by atoms with E-state index < -0.39 is 0 Å². The molecule has 0 unspecified atom stereocenters. The average molecular weight is 485 g/mol. The summed E-state index contributed by atoms with van der Waals surface area (Å²) in [5, 5.41) is 3.35. The number of halogens is 1. The molecule has 0 aromatic heterocycles. The van der Waals surface area contributed by atoms with Crippen molar-refractivity contribution in [2.75, 3.05) is 26.3 Å². The van der Waals surface area contributed by atoms with Gasteiger partial charge >= 0.3 is 0 Å². The second kappa shape index (κ2) is 20.8. The summed E-state index contributed by atoms with van der Waals surface area (Å²) in [6.45, 7) is 5.76. The molecule has 0 saturated carbocycles. The minimum atomic E-state index is 0. The van der Waals surface area contributed by atoms with Crippen LogP contribution in [-0.4, -0.2) is 49.2 Å². The van der Waals surface area contributed by atoms with Gasteiger partial charge in [-0.25, -0.2) is 0 Å². The maximum atomic E-state index is 12.7. The van der Waals surface area contributed by atoms with Crippen molar-refractivity contribution in [2.45, 2.75) is 135 Å². The Hall–Kier alpha value is -0.580. The molecule has 0 aromatic rings. The maximum absolute atomic E-state index is 12.7. The van der Waals surface area contributed by atoms with E-state index in [9.17, 15) is 4.79 Å². The molecule has 1 N–H and O–H groups in total. The van der Waals surface area contributed by atoms with Gasteiger partial charge in [0.2, 0.25) is 5.91 Å². The maximum Gasteiger partial charge on any atom is 0.240 e. The first-order chi connectivity index (χ1) is 15.8. The van der Waals surface area contributed by atoms with E-state index in [1.54, 1.807) is 0 Å². The van der Waals surface area contributed by atoms with Gasteiger partial charge in [-0.1, -0.05) is 76.9 Å². The van der Waals surface area contributed by atoms with E-state index in [1.807, 2.05) is 0 Å². The van der Waals surface area contributed by atoms with E-state index in [2.05, 4.69) is 29.3 Å². The van der Waals surface area contributed by atoms with Crippen molar-refractivity contribution in [3.8, 4) is 0 Å². The van der Waals surface area contributed by atoms with Crippen LogP contribution in [0.1, 0.15) is 122 Å². The van der Waals surface area contributed by atoms with E-state index in [4.69, 9.17) is 4.74 Å². The van der Waals surface area contributed by atoms with Crippen molar-refractivity contribution in [3.63, 3.8) is 0 Å². The van der Waals surface area contributed by atoms with Gasteiger partial charge in [0, 0.05) is 13.2 Å². The van der Waals surface area contributed by atoms with Gasteiger partial charge in [0.15, 0.2) is 0 Å². The van der Waals surface area contributed by atoms with Crippen molar-refractivity contribution >= 4 is 18.3 Å². The lowest BCUT2D eigenvalue weighted by atomic mass is 10.1. The fraction of sp³-hybridized carbons (Fsp3) is 0.893. The molecule has 5 heteroatoms. The van der Waals surface area contributed by atoms with Gasteiger partial charge in [0.25, 0.3) is 0 Å². The molecular weight excluding hydrogens is 432 g/mol. The van der Waals surface area contributed by atoms with Crippen LogP contribution < -0.4 is 5.32 Å². The molecule has 2 aliphatic rings. The number of nitrogens with one attached hydrogen (secondary N) is 1. The zero-order valence-electron chi connectivity index (χ0n) is 21.5. The molecule has 4 nitrogen and oxygen atoms in total. The molecular formula is C28H53ClN2O2. The number of unbranched alkanes of at least 4 members (excludes halogenated alkanes) is 12. The average Bonchev–Trinajstić information content (AvgIpc) is 3.50. The summed E-state index contributed by atoms with van der Waals surface area (Å²) in [7, 11) is 0. The van der Waals surface area contributed by atoms with E-state index in [0.717, 1.165) is 58.4 Å². The van der Waals surface area contributed by atoms with Crippen LogP contribution in [0.25, 0.3) is 0 Å². The summed E-state index contributed by atoms with van der Waals surface area (Å²) in [6, 6.07) is 0.366. The lowest BCUT2D eigenvalue weighted by Crippen LogP contribution is -2.47. The highest BCUT2D eigenvalue weighted by Crippen LogP contribution is 2.21. The molecule has 194 valence electrons. The van der Waals surface area contributed by atoms with Gasteiger partial charge in [-0.15, -0.1) is 12.4 Å².